The van der Waals surface area contributed by atoms with Crippen LogP contribution < -0.4 is 0 Å². The molecule has 2 rings (SSSR count). The molecule has 1 atom stereocenters. The molecule has 1 aromatic carbocycles. The van der Waals surface area contributed by atoms with Gasteiger partial charge in [0.2, 0.25) is 0 Å². The molecule has 1 heterocycles. The van der Waals surface area contributed by atoms with Crippen molar-refractivity contribution in [2.45, 2.75) is 24.1 Å². The minimum absolute atomic E-state index is 0.198. The summed E-state index contributed by atoms with van der Waals surface area (Å²) < 4.78 is 23.3. The standard InChI is InChI=1S/C13H19NO2S/c1-12(2)13(14(3)4,10-17(12,15)16)11-8-6-5-7-9-11/h5-9H,10H2,1-4H3. The van der Waals surface area contributed by atoms with Gasteiger partial charge in [0.25, 0.3) is 0 Å². The summed E-state index contributed by atoms with van der Waals surface area (Å²) >= 11 is 0. The number of hydrogen-bond acceptors (Lipinski definition) is 3. The molecule has 0 radical (unpaired) electrons. The van der Waals surface area contributed by atoms with Gasteiger partial charge in [0.1, 0.15) is 0 Å². The molecule has 94 valence electrons. The summed E-state index contributed by atoms with van der Waals surface area (Å²) in [7, 11) is 0.894. The van der Waals surface area contributed by atoms with Crippen molar-refractivity contribution >= 4 is 9.84 Å². The second-order valence-electron chi connectivity index (χ2n) is 5.39. The van der Waals surface area contributed by atoms with Gasteiger partial charge in [-0.3, -0.25) is 4.90 Å². The summed E-state index contributed by atoms with van der Waals surface area (Å²) in [5.74, 6) is 0.198. The summed E-state index contributed by atoms with van der Waals surface area (Å²) in [6.45, 7) is 3.64. The first-order chi connectivity index (χ1) is 7.76. The first-order valence-electron chi connectivity index (χ1n) is 5.71. The van der Waals surface area contributed by atoms with E-state index in [2.05, 4.69) is 0 Å². The molecule has 0 saturated carbocycles. The molecule has 1 unspecified atom stereocenters. The second kappa shape index (κ2) is 3.56. The summed E-state index contributed by atoms with van der Waals surface area (Å²) in [6, 6.07) is 9.89. The minimum Gasteiger partial charge on any atom is -0.298 e. The van der Waals surface area contributed by atoms with Gasteiger partial charge in [-0.15, -0.1) is 0 Å². The normalized spacial score (nSPS) is 29.9. The van der Waals surface area contributed by atoms with Crippen molar-refractivity contribution in [2.75, 3.05) is 19.8 Å². The molecular weight excluding hydrogens is 234 g/mol. The maximum Gasteiger partial charge on any atom is 0.159 e. The van der Waals surface area contributed by atoms with Gasteiger partial charge in [0.05, 0.1) is 16.0 Å². The summed E-state index contributed by atoms with van der Waals surface area (Å²) in [5, 5.41) is 0. The Labute approximate surface area is 103 Å². The second-order valence-corrected chi connectivity index (χ2v) is 7.93. The Morgan fingerprint density at radius 3 is 2.00 bits per heavy atom. The third-order valence-corrected chi connectivity index (χ3v) is 6.88. The van der Waals surface area contributed by atoms with Crippen LogP contribution >= 0.6 is 0 Å². The quantitative estimate of drug-likeness (QED) is 0.804. The van der Waals surface area contributed by atoms with E-state index < -0.39 is 20.1 Å². The number of sulfone groups is 1. The molecule has 1 aliphatic heterocycles. The number of hydrogen-bond donors (Lipinski definition) is 0. The van der Waals surface area contributed by atoms with Crippen LogP contribution in [0.2, 0.25) is 0 Å². The van der Waals surface area contributed by atoms with Gasteiger partial charge in [-0.2, -0.15) is 0 Å². The van der Waals surface area contributed by atoms with Crippen LogP contribution in [0.3, 0.4) is 0 Å². The maximum atomic E-state index is 12.0. The van der Waals surface area contributed by atoms with E-state index in [1.807, 2.05) is 63.2 Å². The lowest BCUT2D eigenvalue weighted by Gasteiger charge is -2.58. The predicted octanol–water partition coefficient (Wildman–Crippen LogP) is 1.65. The van der Waals surface area contributed by atoms with Crippen molar-refractivity contribution < 1.29 is 8.42 Å². The van der Waals surface area contributed by atoms with Crippen LogP contribution in [0.25, 0.3) is 0 Å². The molecule has 17 heavy (non-hydrogen) atoms. The van der Waals surface area contributed by atoms with Crippen molar-refractivity contribution in [3.63, 3.8) is 0 Å². The molecule has 0 spiro atoms. The van der Waals surface area contributed by atoms with Crippen molar-refractivity contribution in [1.82, 2.24) is 4.90 Å². The molecule has 0 aromatic heterocycles. The predicted molar refractivity (Wildman–Crippen MR) is 69.7 cm³/mol. The topological polar surface area (TPSA) is 37.4 Å². The van der Waals surface area contributed by atoms with Crippen molar-refractivity contribution in [1.29, 1.82) is 0 Å². The monoisotopic (exact) mass is 253 g/mol. The highest BCUT2D eigenvalue weighted by molar-refractivity contribution is 7.94. The van der Waals surface area contributed by atoms with E-state index in [0.717, 1.165) is 5.56 Å². The molecule has 3 nitrogen and oxygen atoms in total. The fourth-order valence-corrected chi connectivity index (χ4v) is 5.21. The van der Waals surface area contributed by atoms with Gasteiger partial charge in [-0.05, 0) is 33.5 Å². The molecule has 1 fully saturated rings. The van der Waals surface area contributed by atoms with E-state index in [1.165, 1.54) is 0 Å². The number of nitrogens with zero attached hydrogens (tertiary/aromatic N) is 1. The van der Waals surface area contributed by atoms with E-state index in [0.29, 0.717) is 0 Å². The van der Waals surface area contributed by atoms with Crippen LogP contribution in [-0.2, 0) is 15.4 Å². The summed E-state index contributed by atoms with van der Waals surface area (Å²) in [6.07, 6.45) is 0. The van der Waals surface area contributed by atoms with Crippen LogP contribution in [0.15, 0.2) is 30.3 Å². The summed E-state index contributed by atoms with van der Waals surface area (Å²) in [5.41, 5.74) is 0.664. The molecule has 0 bridgehead atoms. The van der Waals surface area contributed by atoms with Crippen molar-refractivity contribution in [3.05, 3.63) is 35.9 Å². The molecule has 4 heteroatoms. The van der Waals surface area contributed by atoms with E-state index in [1.54, 1.807) is 0 Å². The molecule has 1 saturated heterocycles. The lowest BCUT2D eigenvalue weighted by Crippen LogP contribution is -2.73. The smallest absolute Gasteiger partial charge is 0.159 e. The molecule has 1 aromatic rings. The van der Waals surface area contributed by atoms with Crippen LogP contribution in [0.4, 0.5) is 0 Å². The molecule has 1 aliphatic rings. The van der Waals surface area contributed by atoms with Crippen LogP contribution in [0, 0.1) is 0 Å². The highest BCUT2D eigenvalue weighted by Gasteiger charge is 2.66. The van der Waals surface area contributed by atoms with E-state index in [9.17, 15) is 8.42 Å². The first kappa shape index (κ1) is 12.6. The Hall–Kier alpha value is -0.870. The summed E-state index contributed by atoms with van der Waals surface area (Å²) in [4.78, 5) is 2.03. The van der Waals surface area contributed by atoms with Crippen LogP contribution in [-0.4, -0.2) is 37.9 Å². The highest BCUT2D eigenvalue weighted by atomic mass is 32.2. The Morgan fingerprint density at radius 2 is 1.65 bits per heavy atom. The van der Waals surface area contributed by atoms with Crippen molar-refractivity contribution in [3.8, 4) is 0 Å². The Kier molecular flexibility index (Phi) is 2.64. The lowest BCUT2D eigenvalue weighted by atomic mass is 9.78. The van der Waals surface area contributed by atoms with E-state index in [-0.39, 0.29) is 5.75 Å². The fraction of sp³-hybridized carbons (Fsp3) is 0.538. The molecular formula is C13H19NO2S. The lowest BCUT2D eigenvalue weighted by molar-refractivity contribution is 0.105. The Morgan fingerprint density at radius 1 is 1.12 bits per heavy atom. The molecule has 0 aliphatic carbocycles. The van der Waals surface area contributed by atoms with Gasteiger partial charge in [-0.25, -0.2) is 8.42 Å². The van der Waals surface area contributed by atoms with Gasteiger partial charge in [-0.1, -0.05) is 30.3 Å². The van der Waals surface area contributed by atoms with Gasteiger partial charge < -0.3 is 0 Å². The van der Waals surface area contributed by atoms with E-state index >= 15 is 0 Å². The zero-order valence-corrected chi connectivity index (χ0v) is 11.6. The van der Waals surface area contributed by atoms with Gasteiger partial charge in [0, 0.05) is 0 Å². The van der Waals surface area contributed by atoms with Crippen LogP contribution in [0.5, 0.6) is 0 Å². The third-order valence-electron chi connectivity index (χ3n) is 4.19. The maximum absolute atomic E-state index is 12.0. The first-order valence-corrected chi connectivity index (χ1v) is 7.36. The molecule has 0 amide bonds. The Balaban J connectivity index is 2.60. The number of rotatable bonds is 2. The minimum atomic E-state index is -3.00. The van der Waals surface area contributed by atoms with Crippen molar-refractivity contribution in [2.24, 2.45) is 0 Å². The highest BCUT2D eigenvalue weighted by Crippen LogP contribution is 2.52. The largest absolute Gasteiger partial charge is 0.298 e. The van der Waals surface area contributed by atoms with Gasteiger partial charge >= 0.3 is 0 Å². The molecule has 0 N–H and O–H groups in total. The Bertz CT molecular complexity index is 520. The van der Waals surface area contributed by atoms with E-state index in [4.69, 9.17) is 0 Å². The zero-order valence-electron chi connectivity index (χ0n) is 10.8. The number of benzene rings is 1. The SMILES string of the molecule is CN(C)C1(c2ccccc2)CS(=O)(=O)C1(C)C. The average molecular weight is 253 g/mol. The third kappa shape index (κ3) is 1.40. The fourth-order valence-electron chi connectivity index (χ4n) is 2.88. The van der Waals surface area contributed by atoms with Crippen LogP contribution in [0.1, 0.15) is 19.4 Å². The average Bonchev–Trinajstić information content (AvgIpc) is 2.26. The zero-order chi connectivity index (χ0) is 12.9. The van der Waals surface area contributed by atoms with Gasteiger partial charge in [0.15, 0.2) is 9.84 Å².